The molecule has 1 amide bonds. The number of rotatable bonds is 7. The molecule has 2 atom stereocenters. The SMILES string of the molecule is O=C1c2c(nc(CCc3ccc(F)cc3)c(-c3n[nH]c(=O)o3)c2-c2cc3ccnc(N[C@H]4CCc5cc(F)ccc54)c3s2)[C@@H]2CCCN12. The van der Waals surface area contributed by atoms with Gasteiger partial charge in [0.25, 0.3) is 11.8 Å². The summed E-state index contributed by atoms with van der Waals surface area (Å²) in [5.41, 5.74) is 5.99. The van der Waals surface area contributed by atoms with Gasteiger partial charge in [-0.05, 0) is 97.0 Å². The molecule has 0 bridgehead atoms. The lowest BCUT2D eigenvalue weighted by Gasteiger charge is -2.16. The first kappa shape index (κ1) is 29.0. The summed E-state index contributed by atoms with van der Waals surface area (Å²) in [6.45, 7) is 0.647. The van der Waals surface area contributed by atoms with Crippen LogP contribution in [0.5, 0.6) is 0 Å². The van der Waals surface area contributed by atoms with Crippen LogP contribution in [0.2, 0.25) is 0 Å². The topological polar surface area (TPSA) is 117 Å². The normalized spacial score (nSPS) is 18.0. The third-order valence-electron chi connectivity index (χ3n) is 9.73. The Morgan fingerprint density at radius 3 is 2.67 bits per heavy atom. The first-order valence-corrected chi connectivity index (χ1v) is 16.8. The second-order valence-corrected chi connectivity index (χ2v) is 13.6. The van der Waals surface area contributed by atoms with E-state index in [9.17, 15) is 18.4 Å². The molecule has 0 radical (unpaired) electrons. The molecular formula is C36H28F2N6O3S. The Morgan fingerprint density at radius 2 is 1.83 bits per heavy atom. The van der Waals surface area contributed by atoms with Crippen LogP contribution in [0.3, 0.4) is 0 Å². The van der Waals surface area contributed by atoms with Crippen LogP contribution >= 0.6 is 11.3 Å². The third kappa shape index (κ3) is 4.73. The summed E-state index contributed by atoms with van der Waals surface area (Å²) >= 11 is 1.50. The van der Waals surface area contributed by atoms with Crippen molar-refractivity contribution in [2.45, 2.75) is 50.6 Å². The Hall–Kier alpha value is -5.23. The lowest BCUT2D eigenvalue weighted by molar-refractivity contribution is 0.0776. The summed E-state index contributed by atoms with van der Waals surface area (Å²) in [4.78, 5) is 38.9. The number of benzene rings is 2. The van der Waals surface area contributed by atoms with Gasteiger partial charge in [0, 0.05) is 23.2 Å². The Bertz CT molecular complexity index is 2310. The fourth-order valence-corrected chi connectivity index (χ4v) is 8.72. The molecular weight excluding hydrogens is 634 g/mol. The van der Waals surface area contributed by atoms with Crippen LogP contribution in [0.25, 0.3) is 32.0 Å². The lowest BCUT2D eigenvalue weighted by atomic mass is 9.93. The molecule has 6 aromatic rings. The quantitative estimate of drug-likeness (QED) is 0.186. The van der Waals surface area contributed by atoms with Crippen LogP contribution in [0.15, 0.2) is 70.0 Å². The second kappa shape index (κ2) is 11.2. The van der Waals surface area contributed by atoms with Gasteiger partial charge in [-0.25, -0.2) is 23.7 Å². The summed E-state index contributed by atoms with van der Waals surface area (Å²) in [6.07, 6.45) is 6.05. The highest BCUT2D eigenvalue weighted by atomic mass is 32.1. The highest BCUT2D eigenvalue weighted by Crippen LogP contribution is 2.50. The number of hydrogen-bond acceptors (Lipinski definition) is 8. The highest BCUT2D eigenvalue weighted by Gasteiger charge is 2.45. The van der Waals surface area contributed by atoms with Gasteiger partial charge < -0.3 is 14.6 Å². The molecule has 2 aliphatic heterocycles. The fourth-order valence-electron chi connectivity index (χ4n) is 7.55. The van der Waals surface area contributed by atoms with E-state index in [0.717, 1.165) is 63.0 Å². The molecule has 2 N–H and O–H groups in total. The second-order valence-electron chi connectivity index (χ2n) is 12.5. The van der Waals surface area contributed by atoms with E-state index >= 15 is 0 Å². The van der Waals surface area contributed by atoms with Gasteiger partial charge in [-0.3, -0.25) is 9.78 Å². The molecule has 9 rings (SSSR count). The standard InChI is InChI=1S/C36H28F2N6O3S/c37-21-7-3-18(4-8-21)5-11-25-28(34-42-43-36(46)47-34)29(30-31(40-25)26-2-1-15-44(26)35(30)45)27-17-20-13-14-39-33(32(20)48-27)41-24-12-6-19-16-22(38)9-10-23(19)24/h3-4,7-10,13-14,16-17,24,26H,1-2,5-6,11-12,15H2,(H,39,41)(H,43,46)/t24-,26-/m0/s1. The number of amides is 1. The highest BCUT2D eigenvalue weighted by molar-refractivity contribution is 7.23. The minimum atomic E-state index is -0.711. The van der Waals surface area contributed by atoms with Gasteiger partial charge in [-0.15, -0.1) is 16.4 Å². The van der Waals surface area contributed by atoms with E-state index in [-0.39, 0.29) is 35.5 Å². The minimum absolute atomic E-state index is 0.0184. The summed E-state index contributed by atoms with van der Waals surface area (Å²) in [5.74, 6) is -0.594. The molecule has 240 valence electrons. The van der Waals surface area contributed by atoms with Crippen molar-refractivity contribution in [2.75, 3.05) is 11.9 Å². The Kier molecular flexibility index (Phi) is 6.75. The molecule has 3 aliphatic rings. The molecule has 0 spiro atoms. The number of anilines is 1. The molecule has 4 aromatic heterocycles. The van der Waals surface area contributed by atoms with Crippen LogP contribution in [0.4, 0.5) is 14.6 Å². The fraction of sp³-hybridized carbons (Fsp3) is 0.250. The van der Waals surface area contributed by atoms with Crippen molar-refractivity contribution < 1.29 is 18.0 Å². The van der Waals surface area contributed by atoms with Gasteiger partial charge in [0.15, 0.2) is 0 Å². The van der Waals surface area contributed by atoms with Gasteiger partial charge in [0.1, 0.15) is 17.5 Å². The van der Waals surface area contributed by atoms with Crippen LogP contribution < -0.4 is 11.1 Å². The van der Waals surface area contributed by atoms with Crippen LogP contribution in [-0.4, -0.2) is 37.5 Å². The average molecular weight is 663 g/mol. The van der Waals surface area contributed by atoms with Crippen LogP contribution in [-0.2, 0) is 19.3 Å². The molecule has 48 heavy (non-hydrogen) atoms. The smallest absolute Gasteiger partial charge is 0.388 e. The number of carbonyl (C=O) groups excluding carboxylic acids is 1. The van der Waals surface area contributed by atoms with E-state index in [1.807, 2.05) is 23.1 Å². The molecule has 1 aliphatic carbocycles. The van der Waals surface area contributed by atoms with E-state index in [1.54, 1.807) is 24.4 Å². The average Bonchev–Trinajstić information content (AvgIpc) is 3.92. The molecule has 0 saturated carbocycles. The zero-order chi connectivity index (χ0) is 32.5. The minimum Gasteiger partial charge on any atom is -0.388 e. The number of nitrogens with one attached hydrogen (secondary N) is 2. The monoisotopic (exact) mass is 662 g/mol. The lowest BCUT2D eigenvalue weighted by Crippen LogP contribution is -2.22. The van der Waals surface area contributed by atoms with Gasteiger partial charge in [0.05, 0.1) is 39.3 Å². The van der Waals surface area contributed by atoms with Crippen molar-refractivity contribution in [2.24, 2.45) is 0 Å². The van der Waals surface area contributed by atoms with E-state index in [0.29, 0.717) is 47.6 Å². The largest absolute Gasteiger partial charge is 0.434 e. The maximum absolute atomic E-state index is 14.1. The Labute approximate surface area is 276 Å². The number of fused-ring (bicyclic) bond motifs is 5. The number of hydrogen-bond donors (Lipinski definition) is 2. The number of carbonyl (C=O) groups is 1. The predicted octanol–water partition coefficient (Wildman–Crippen LogP) is 7.16. The van der Waals surface area contributed by atoms with Crippen LogP contribution in [0, 0.1) is 11.6 Å². The Balaban J connectivity index is 1.21. The van der Waals surface area contributed by atoms with Gasteiger partial charge in [-0.1, -0.05) is 18.2 Å². The summed E-state index contributed by atoms with van der Waals surface area (Å²) in [7, 11) is 0. The first-order valence-electron chi connectivity index (χ1n) is 16.0. The third-order valence-corrected chi connectivity index (χ3v) is 10.9. The Morgan fingerprint density at radius 1 is 0.979 bits per heavy atom. The predicted molar refractivity (Wildman–Crippen MR) is 177 cm³/mol. The zero-order valence-corrected chi connectivity index (χ0v) is 26.4. The number of aromatic amines is 1. The molecule has 12 heteroatoms. The van der Waals surface area contributed by atoms with Crippen molar-refractivity contribution in [1.82, 2.24) is 25.1 Å². The van der Waals surface area contributed by atoms with Crippen LogP contribution in [0.1, 0.15) is 69.8 Å². The zero-order valence-electron chi connectivity index (χ0n) is 25.6. The van der Waals surface area contributed by atoms with Gasteiger partial charge in [0.2, 0.25) is 0 Å². The van der Waals surface area contributed by atoms with E-state index in [4.69, 9.17) is 14.4 Å². The number of aryl methyl sites for hydroxylation is 3. The molecule has 1 saturated heterocycles. The summed E-state index contributed by atoms with van der Waals surface area (Å²) < 4.78 is 34.1. The van der Waals surface area contributed by atoms with E-state index in [2.05, 4.69) is 15.5 Å². The number of nitrogens with zero attached hydrogens (tertiary/aromatic N) is 4. The van der Waals surface area contributed by atoms with Crippen molar-refractivity contribution in [3.8, 4) is 21.9 Å². The van der Waals surface area contributed by atoms with Crippen molar-refractivity contribution in [3.05, 3.63) is 117 Å². The number of aromatic nitrogens is 4. The van der Waals surface area contributed by atoms with Crippen molar-refractivity contribution in [1.29, 1.82) is 0 Å². The molecule has 9 nitrogen and oxygen atoms in total. The van der Waals surface area contributed by atoms with Crippen molar-refractivity contribution in [3.63, 3.8) is 0 Å². The molecule has 1 fully saturated rings. The molecule has 6 heterocycles. The molecule has 0 unspecified atom stereocenters. The maximum Gasteiger partial charge on any atom is 0.434 e. The maximum atomic E-state index is 14.1. The van der Waals surface area contributed by atoms with Gasteiger partial charge in [-0.2, -0.15) is 0 Å². The number of pyridine rings is 2. The van der Waals surface area contributed by atoms with Crippen molar-refractivity contribution >= 4 is 33.1 Å². The molecule has 2 aromatic carbocycles. The van der Waals surface area contributed by atoms with Gasteiger partial charge >= 0.3 is 5.76 Å². The van der Waals surface area contributed by atoms with E-state index < -0.39 is 5.76 Å². The summed E-state index contributed by atoms with van der Waals surface area (Å²) in [5, 5.41) is 11.1. The number of thiophene rings is 1. The number of H-pyrrole nitrogens is 1. The number of halogens is 2. The summed E-state index contributed by atoms with van der Waals surface area (Å²) in [6, 6.07) is 15.1. The van der Waals surface area contributed by atoms with E-state index in [1.165, 1.54) is 29.5 Å². The first-order chi connectivity index (χ1) is 23.4.